The van der Waals surface area contributed by atoms with E-state index in [2.05, 4.69) is 16.6 Å². The molecule has 0 radical (unpaired) electrons. The van der Waals surface area contributed by atoms with Crippen LogP contribution in [0.3, 0.4) is 0 Å². The van der Waals surface area contributed by atoms with Crippen LogP contribution in [0, 0.1) is 12.3 Å². The minimum atomic E-state index is -1.71. The van der Waals surface area contributed by atoms with Crippen LogP contribution in [0.1, 0.15) is 43.6 Å². The molecule has 0 aliphatic carbocycles. The van der Waals surface area contributed by atoms with Gasteiger partial charge in [0.15, 0.2) is 5.54 Å². The topological polar surface area (TPSA) is 105 Å². The predicted octanol–water partition coefficient (Wildman–Crippen LogP) is 1.77. The Morgan fingerprint density at radius 1 is 1.16 bits per heavy atom. The van der Waals surface area contributed by atoms with Gasteiger partial charge in [0.1, 0.15) is 5.60 Å². The number of carboxylic acids is 1. The van der Waals surface area contributed by atoms with Gasteiger partial charge in [-0.25, -0.2) is 9.59 Å². The van der Waals surface area contributed by atoms with Crippen LogP contribution in [-0.2, 0) is 9.53 Å². The van der Waals surface area contributed by atoms with Crippen molar-refractivity contribution in [3.8, 4) is 12.3 Å². The molecule has 0 unspecified atom stereocenters. The Kier molecular flexibility index (Phi) is 6.18. The van der Waals surface area contributed by atoms with Crippen molar-refractivity contribution in [2.45, 2.75) is 38.8 Å². The van der Waals surface area contributed by atoms with Crippen LogP contribution in [0.2, 0.25) is 0 Å². The lowest BCUT2D eigenvalue weighted by molar-refractivity contribution is -0.143. The molecule has 1 atom stereocenters. The number of carbonyl (C=O) groups excluding carboxylic acids is 2. The van der Waals surface area contributed by atoms with Crippen LogP contribution in [0.25, 0.3) is 0 Å². The molecule has 1 aromatic carbocycles. The highest BCUT2D eigenvalue weighted by atomic mass is 16.6. The number of benzene rings is 1. The molecule has 0 aromatic heterocycles. The molecule has 1 aromatic rings. The van der Waals surface area contributed by atoms with Gasteiger partial charge >= 0.3 is 12.1 Å². The number of aliphatic carboxylic acids is 1. The van der Waals surface area contributed by atoms with Crippen LogP contribution in [0.5, 0.6) is 0 Å². The quantitative estimate of drug-likeness (QED) is 0.705. The van der Waals surface area contributed by atoms with E-state index in [1.165, 1.54) is 19.1 Å². The maximum Gasteiger partial charge on any atom is 0.407 e. The molecule has 0 bridgehead atoms. The molecule has 0 fully saturated rings. The van der Waals surface area contributed by atoms with Crippen molar-refractivity contribution in [1.82, 2.24) is 10.6 Å². The molecule has 134 valence electrons. The molecule has 0 aliphatic heterocycles. The lowest BCUT2D eigenvalue weighted by atomic mass is 10.0. The first kappa shape index (κ1) is 20.0. The second kappa shape index (κ2) is 7.71. The summed E-state index contributed by atoms with van der Waals surface area (Å²) < 4.78 is 5.05. The lowest BCUT2D eigenvalue weighted by Gasteiger charge is -2.27. The first-order valence-electron chi connectivity index (χ1n) is 7.56. The highest BCUT2D eigenvalue weighted by Crippen LogP contribution is 2.10. The molecule has 1 rings (SSSR count). The van der Waals surface area contributed by atoms with Gasteiger partial charge in [0.05, 0.1) is 6.54 Å². The molecule has 0 saturated carbocycles. The third-order valence-electron chi connectivity index (χ3n) is 3.16. The molecule has 0 aliphatic rings. The molecule has 7 heteroatoms. The number of nitrogens with one attached hydrogen (secondary N) is 2. The van der Waals surface area contributed by atoms with Gasteiger partial charge < -0.3 is 20.5 Å². The number of carboxylic acid groups (broad SMARTS) is 1. The van der Waals surface area contributed by atoms with E-state index in [4.69, 9.17) is 11.2 Å². The van der Waals surface area contributed by atoms with E-state index in [0.717, 1.165) is 0 Å². The largest absolute Gasteiger partial charge is 0.479 e. The van der Waals surface area contributed by atoms with Crippen LogP contribution in [0.15, 0.2) is 24.3 Å². The molecular formula is C18H22N2O5. The fraction of sp³-hybridized carbons (Fsp3) is 0.389. The van der Waals surface area contributed by atoms with E-state index >= 15 is 0 Å². The highest BCUT2D eigenvalue weighted by Gasteiger charge is 2.36. The van der Waals surface area contributed by atoms with Crippen molar-refractivity contribution in [3.05, 3.63) is 35.4 Å². The van der Waals surface area contributed by atoms with Crippen molar-refractivity contribution < 1.29 is 24.2 Å². The van der Waals surface area contributed by atoms with Crippen LogP contribution in [-0.4, -0.2) is 40.8 Å². The molecule has 0 heterocycles. The highest BCUT2D eigenvalue weighted by molar-refractivity contribution is 5.98. The number of ether oxygens (including phenoxy) is 1. The monoisotopic (exact) mass is 346 g/mol. The Morgan fingerprint density at radius 2 is 1.72 bits per heavy atom. The van der Waals surface area contributed by atoms with Gasteiger partial charge in [-0.1, -0.05) is 5.92 Å². The Bertz CT molecular complexity index is 698. The van der Waals surface area contributed by atoms with E-state index in [1.807, 2.05) is 0 Å². The van der Waals surface area contributed by atoms with Gasteiger partial charge in [0, 0.05) is 11.1 Å². The fourth-order valence-electron chi connectivity index (χ4n) is 1.78. The Labute approximate surface area is 146 Å². The molecule has 7 nitrogen and oxygen atoms in total. The second-order valence-corrected chi connectivity index (χ2v) is 6.67. The molecule has 2 amide bonds. The zero-order valence-corrected chi connectivity index (χ0v) is 14.7. The predicted molar refractivity (Wildman–Crippen MR) is 92.1 cm³/mol. The molecule has 0 spiro atoms. The standard InChI is InChI=1S/C18H22N2O5/c1-6-12-7-9-13(10-8-12)14(21)20-18(5,15(22)23)11-19-16(24)25-17(2,3)4/h1,7-10H,11H2,2-5H3,(H,19,24)(H,20,21)(H,22,23)/t18-/m0/s1. The normalized spacial score (nSPS) is 13.1. The first-order chi connectivity index (χ1) is 11.5. The Hall–Kier alpha value is -3.01. The lowest BCUT2D eigenvalue weighted by Crippen LogP contribution is -2.59. The molecule has 25 heavy (non-hydrogen) atoms. The number of terminal acetylenes is 1. The SMILES string of the molecule is C#Cc1ccc(C(=O)N[C@@](C)(CNC(=O)OC(C)(C)C)C(=O)O)cc1. The summed E-state index contributed by atoms with van der Waals surface area (Å²) in [4.78, 5) is 35.5. The number of carbonyl (C=O) groups is 3. The van der Waals surface area contributed by atoms with Crippen molar-refractivity contribution in [2.24, 2.45) is 0 Å². The average molecular weight is 346 g/mol. The number of hydrogen-bond acceptors (Lipinski definition) is 4. The summed E-state index contributed by atoms with van der Waals surface area (Å²) in [6.07, 6.45) is 4.48. The number of amides is 2. The van der Waals surface area contributed by atoms with Crippen molar-refractivity contribution >= 4 is 18.0 Å². The summed E-state index contributed by atoms with van der Waals surface area (Å²) >= 11 is 0. The number of hydrogen-bond donors (Lipinski definition) is 3. The Morgan fingerprint density at radius 3 is 2.16 bits per heavy atom. The Balaban J connectivity index is 2.80. The number of rotatable bonds is 5. The minimum absolute atomic E-state index is 0.253. The average Bonchev–Trinajstić information content (AvgIpc) is 2.51. The number of alkyl carbamates (subject to hydrolysis) is 1. The fourth-order valence-corrected chi connectivity index (χ4v) is 1.78. The van der Waals surface area contributed by atoms with Crippen LogP contribution < -0.4 is 10.6 Å². The van der Waals surface area contributed by atoms with Gasteiger partial charge in [0.25, 0.3) is 5.91 Å². The minimum Gasteiger partial charge on any atom is -0.479 e. The smallest absolute Gasteiger partial charge is 0.407 e. The maximum atomic E-state index is 12.3. The summed E-state index contributed by atoms with van der Waals surface area (Å²) in [7, 11) is 0. The molecule has 0 saturated heterocycles. The van der Waals surface area contributed by atoms with Crippen molar-refractivity contribution in [1.29, 1.82) is 0 Å². The van der Waals surface area contributed by atoms with E-state index in [1.54, 1.807) is 32.9 Å². The van der Waals surface area contributed by atoms with E-state index in [-0.39, 0.29) is 12.1 Å². The summed E-state index contributed by atoms with van der Waals surface area (Å²) in [6.45, 7) is 6.01. The molecular weight excluding hydrogens is 324 g/mol. The van der Waals surface area contributed by atoms with Crippen LogP contribution in [0.4, 0.5) is 4.79 Å². The van der Waals surface area contributed by atoms with E-state index in [0.29, 0.717) is 5.56 Å². The second-order valence-electron chi connectivity index (χ2n) is 6.67. The van der Waals surface area contributed by atoms with E-state index < -0.39 is 29.1 Å². The maximum absolute atomic E-state index is 12.3. The first-order valence-corrected chi connectivity index (χ1v) is 7.56. The summed E-state index contributed by atoms with van der Waals surface area (Å²) in [5, 5.41) is 14.2. The summed E-state index contributed by atoms with van der Waals surface area (Å²) in [6, 6.07) is 6.14. The van der Waals surface area contributed by atoms with E-state index in [9.17, 15) is 19.5 Å². The summed E-state index contributed by atoms with van der Waals surface area (Å²) in [5.41, 5.74) is -1.57. The summed E-state index contributed by atoms with van der Waals surface area (Å²) in [5.74, 6) is 0.532. The van der Waals surface area contributed by atoms with Crippen molar-refractivity contribution in [3.63, 3.8) is 0 Å². The van der Waals surface area contributed by atoms with Crippen LogP contribution >= 0.6 is 0 Å². The zero-order chi connectivity index (χ0) is 19.3. The molecule has 3 N–H and O–H groups in total. The third kappa shape index (κ3) is 6.18. The van der Waals surface area contributed by atoms with Gasteiger partial charge in [-0.3, -0.25) is 4.79 Å². The zero-order valence-electron chi connectivity index (χ0n) is 14.7. The van der Waals surface area contributed by atoms with Gasteiger partial charge in [0.2, 0.25) is 0 Å². The van der Waals surface area contributed by atoms with Gasteiger partial charge in [-0.2, -0.15) is 0 Å². The van der Waals surface area contributed by atoms with Gasteiger partial charge in [-0.05, 0) is 52.0 Å². The third-order valence-corrected chi connectivity index (χ3v) is 3.16. The van der Waals surface area contributed by atoms with Crippen molar-refractivity contribution in [2.75, 3.05) is 6.54 Å². The van der Waals surface area contributed by atoms with Gasteiger partial charge in [-0.15, -0.1) is 6.42 Å².